The van der Waals surface area contributed by atoms with E-state index in [0.29, 0.717) is 18.9 Å². The topological polar surface area (TPSA) is 59.4 Å². The number of ether oxygens (including phenoxy) is 1. The Morgan fingerprint density at radius 2 is 1.96 bits per heavy atom. The standard InChI is InChI=1S/C18H24N4O2/c1-14(15-6-4-3-5-7-15)22-17(8-11-19-22)20-18(23)21-12-9-16(24-2)10-13-21/h3-8,11,14,16H,9-10,12-13H2,1-2H3,(H,20,23)/t14-/m0/s1. The maximum atomic E-state index is 12.5. The molecule has 2 amide bonds. The fourth-order valence-electron chi connectivity index (χ4n) is 3.08. The van der Waals surface area contributed by atoms with Gasteiger partial charge in [0.05, 0.1) is 18.3 Å². The number of likely N-dealkylation sites (tertiary alicyclic amines) is 1. The van der Waals surface area contributed by atoms with Gasteiger partial charge in [0.1, 0.15) is 5.82 Å². The van der Waals surface area contributed by atoms with E-state index in [1.54, 1.807) is 13.3 Å². The number of hydrogen-bond donors (Lipinski definition) is 1. The number of amides is 2. The minimum Gasteiger partial charge on any atom is -0.381 e. The molecule has 1 atom stereocenters. The third-order valence-corrected chi connectivity index (χ3v) is 4.62. The van der Waals surface area contributed by atoms with Crippen molar-refractivity contribution in [1.82, 2.24) is 14.7 Å². The Morgan fingerprint density at radius 3 is 2.62 bits per heavy atom. The Morgan fingerprint density at radius 1 is 1.25 bits per heavy atom. The molecule has 0 bridgehead atoms. The molecule has 1 saturated heterocycles. The molecule has 1 N–H and O–H groups in total. The SMILES string of the molecule is COC1CCN(C(=O)Nc2ccnn2[C@@H](C)c2ccccc2)CC1. The number of carbonyl (C=O) groups excluding carboxylic acids is 1. The van der Waals surface area contributed by atoms with Gasteiger partial charge in [0, 0.05) is 26.3 Å². The Bertz CT molecular complexity index is 663. The number of benzene rings is 1. The average Bonchev–Trinajstić information content (AvgIpc) is 3.10. The minimum atomic E-state index is -0.0773. The molecule has 128 valence electrons. The summed E-state index contributed by atoms with van der Waals surface area (Å²) in [6.07, 6.45) is 3.73. The number of rotatable bonds is 4. The number of carbonyl (C=O) groups is 1. The number of nitrogens with zero attached hydrogens (tertiary/aromatic N) is 3. The van der Waals surface area contributed by atoms with E-state index in [2.05, 4.69) is 29.5 Å². The van der Waals surface area contributed by atoms with Crippen LogP contribution in [0, 0.1) is 0 Å². The van der Waals surface area contributed by atoms with Crippen molar-refractivity contribution in [2.45, 2.75) is 31.9 Å². The van der Waals surface area contributed by atoms with Gasteiger partial charge >= 0.3 is 6.03 Å². The van der Waals surface area contributed by atoms with Crippen molar-refractivity contribution in [3.8, 4) is 0 Å². The zero-order valence-electron chi connectivity index (χ0n) is 14.2. The Kier molecular flexibility index (Phi) is 5.15. The Labute approximate surface area is 142 Å². The summed E-state index contributed by atoms with van der Waals surface area (Å²) >= 11 is 0. The van der Waals surface area contributed by atoms with E-state index < -0.39 is 0 Å². The summed E-state index contributed by atoms with van der Waals surface area (Å²) in [4.78, 5) is 14.3. The second-order valence-electron chi connectivity index (χ2n) is 6.10. The van der Waals surface area contributed by atoms with E-state index in [4.69, 9.17) is 4.74 Å². The number of aromatic nitrogens is 2. The predicted octanol–water partition coefficient (Wildman–Crippen LogP) is 3.14. The van der Waals surface area contributed by atoms with Crippen molar-refractivity contribution in [2.75, 3.05) is 25.5 Å². The lowest BCUT2D eigenvalue weighted by atomic mass is 10.1. The van der Waals surface area contributed by atoms with Crippen molar-refractivity contribution < 1.29 is 9.53 Å². The molecule has 3 rings (SSSR count). The number of methoxy groups -OCH3 is 1. The minimum absolute atomic E-state index is 0.0516. The summed E-state index contributed by atoms with van der Waals surface area (Å²) in [7, 11) is 1.73. The zero-order chi connectivity index (χ0) is 16.9. The molecule has 2 heterocycles. The first kappa shape index (κ1) is 16.5. The summed E-state index contributed by atoms with van der Waals surface area (Å²) in [5.41, 5.74) is 1.15. The highest BCUT2D eigenvalue weighted by atomic mass is 16.5. The molecular weight excluding hydrogens is 304 g/mol. The van der Waals surface area contributed by atoms with Gasteiger partial charge in [0.15, 0.2) is 0 Å². The molecule has 0 radical (unpaired) electrons. The fourth-order valence-corrected chi connectivity index (χ4v) is 3.08. The highest BCUT2D eigenvalue weighted by Crippen LogP contribution is 2.22. The molecule has 0 saturated carbocycles. The lowest BCUT2D eigenvalue weighted by molar-refractivity contribution is 0.0521. The van der Waals surface area contributed by atoms with Crippen molar-refractivity contribution in [2.24, 2.45) is 0 Å². The van der Waals surface area contributed by atoms with Crippen molar-refractivity contribution >= 4 is 11.8 Å². The lowest BCUT2D eigenvalue weighted by Gasteiger charge is -2.31. The molecule has 1 aliphatic heterocycles. The molecule has 6 heteroatoms. The molecular formula is C18H24N4O2. The van der Waals surface area contributed by atoms with Gasteiger partial charge in [0.25, 0.3) is 0 Å². The summed E-state index contributed by atoms with van der Waals surface area (Å²) in [6, 6.07) is 11.9. The quantitative estimate of drug-likeness (QED) is 0.938. The van der Waals surface area contributed by atoms with Crippen LogP contribution in [-0.4, -0.2) is 47.0 Å². The predicted molar refractivity (Wildman–Crippen MR) is 93.1 cm³/mol. The van der Waals surface area contributed by atoms with Gasteiger partial charge in [-0.25, -0.2) is 9.48 Å². The van der Waals surface area contributed by atoms with Gasteiger partial charge in [-0.15, -0.1) is 0 Å². The molecule has 1 aromatic heterocycles. The first-order valence-corrected chi connectivity index (χ1v) is 8.36. The van der Waals surface area contributed by atoms with Crippen LogP contribution in [0.25, 0.3) is 0 Å². The van der Waals surface area contributed by atoms with Crippen molar-refractivity contribution in [3.63, 3.8) is 0 Å². The second kappa shape index (κ2) is 7.49. The summed E-state index contributed by atoms with van der Waals surface area (Å²) in [5, 5.41) is 7.37. The maximum absolute atomic E-state index is 12.5. The zero-order valence-corrected chi connectivity index (χ0v) is 14.2. The van der Waals surface area contributed by atoms with Crippen LogP contribution in [0.4, 0.5) is 10.6 Å². The van der Waals surface area contributed by atoms with Gasteiger partial charge < -0.3 is 9.64 Å². The third kappa shape index (κ3) is 3.59. The lowest BCUT2D eigenvalue weighted by Crippen LogP contribution is -2.43. The highest BCUT2D eigenvalue weighted by Gasteiger charge is 2.23. The third-order valence-electron chi connectivity index (χ3n) is 4.62. The van der Waals surface area contributed by atoms with Crippen LogP contribution in [0.2, 0.25) is 0 Å². The Hall–Kier alpha value is -2.34. The number of nitrogens with one attached hydrogen (secondary N) is 1. The van der Waals surface area contributed by atoms with Crippen LogP contribution in [0.15, 0.2) is 42.6 Å². The molecule has 1 aromatic carbocycles. The average molecular weight is 328 g/mol. The van der Waals surface area contributed by atoms with Crippen molar-refractivity contribution in [3.05, 3.63) is 48.2 Å². The second-order valence-corrected chi connectivity index (χ2v) is 6.10. The highest BCUT2D eigenvalue weighted by molar-refractivity contribution is 5.88. The van der Waals surface area contributed by atoms with Crippen molar-refractivity contribution in [1.29, 1.82) is 0 Å². The van der Waals surface area contributed by atoms with E-state index in [1.165, 1.54) is 0 Å². The molecule has 1 aliphatic rings. The molecule has 6 nitrogen and oxygen atoms in total. The summed E-state index contributed by atoms with van der Waals surface area (Å²) in [6.45, 7) is 3.50. The van der Waals surface area contributed by atoms with Crippen LogP contribution >= 0.6 is 0 Å². The van der Waals surface area contributed by atoms with Crippen LogP contribution in [0.5, 0.6) is 0 Å². The molecule has 24 heavy (non-hydrogen) atoms. The van der Waals surface area contributed by atoms with Gasteiger partial charge in [-0.05, 0) is 25.3 Å². The molecule has 1 fully saturated rings. The number of anilines is 1. The number of urea groups is 1. The normalized spacial score (nSPS) is 16.8. The van der Waals surface area contributed by atoms with Gasteiger partial charge in [-0.2, -0.15) is 5.10 Å². The van der Waals surface area contributed by atoms with Crippen LogP contribution < -0.4 is 5.32 Å². The molecule has 0 spiro atoms. The van der Waals surface area contributed by atoms with Crippen LogP contribution in [-0.2, 0) is 4.74 Å². The van der Waals surface area contributed by atoms with Gasteiger partial charge in [-0.1, -0.05) is 30.3 Å². The van der Waals surface area contributed by atoms with Gasteiger partial charge in [-0.3, -0.25) is 5.32 Å². The first-order chi connectivity index (χ1) is 11.7. The van der Waals surface area contributed by atoms with E-state index in [0.717, 1.165) is 18.4 Å². The number of hydrogen-bond acceptors (Lipinski definition) is 3. The molecule has 0 unspecified atom stereocenters. The van der Waals surface area contributed by atoms with Crippen LogP contribution in [0.3, 0.4) is 0 Å². The molecule has 2 aromatic rings. The fraction of sp³-hybridized carbons (Fsp3) is 0.444. The van der Waals surface area contributed by atoms with E-state index in [-0.39, 0.29) is 18.2 Å². The largest absolute Gasteiger partial charge is 0.381 e. The smallest absolute Gasteiger partial charge is 0.323 e. The number of piperidine rings is 1. The van der Waals surface area contributed by atoms with E-state index >= 15 is 0 Å². The molecule has 0 aliphatic carbocycles. The monoisotopic (exact) mass is 328 g/mol. The maximum Gasteiger partial charge on any atom is 0.323 e. The summed E-state index contributed by atoms with van der Waals surface area (Å²) < 4.78 is 7.19. The van der Waals surface area contributed by atoms with E-state index in [9.17, 15) is 4.79 Å². The van der Waals surface area contributed by atoms with Gasteiger partial charge in [0.2, 0.25) is 0 Å². The first-order valence-electron chi connectivity index (χ1n) is 8.36. The Balaban J connectivity index is 1.66. The van der Waals surface area contributed by atoms with Crippen LogP contribution in [0.1, 0.15) is 31.4 Å². The van der Waals surface area contributed by atoms with E-state index in [1.807, 2.05) is 33.8 Å². The summed E-state index contributed by atoms with van der Waals surface area (Å²) in [5.74, 6) is 0.713.